The molecule has 0 spiro atoms. The molecule has 6 heteroatoms. The second-order valence-corrected chi connectivity index (χ2v) is 8.77. The lowest BCUT2D eigenvalue weighted by molar-refractivity contribution is -0.118. The van der Waals surface area contributed by atoms with E-state index in [9.17, 15) is 9.59 Å². The maximum atomic E-state index is 12.3. The summed E-state index contributed by atoms with van der Waals surface area (Å²) in [6.07, 6.45) is 2.83. The molecular formula is C21H25NO4S. The number of carbonyl (C=O) groups is 2. The third kappa shape index (κ3) is 4.33. The van der Waals surface area contributed by atoms with E-state index in [1.165, 1.54) is 24.0 Å². The number of ether oxygens (including phenoxy) is 2. The standard InChI is InChI=1S/C21H25NO4S/c1-21(2,3)13-8-10-14(11-9-13)26-12-17(23)22-19-18(20(24)25-4)15-6-5-7-16(15)27-19/h8-11H,5-7,12H2,1-4H3,(H,22,23). The number of hydrogen-bond acceptors (Lipinski definition) is 5. The Bertz CT molecular complexity index is 846. The van der Waals surface area contributed by atoms with Crippen LogP contribution in [0, 0.1) is 0 Å². The highest BCUT2D eigenvalue weighted by molar-refractivity contribution is 7.17. The maximum Gasteiger partial charge on any atom is 0.341 e. The van der Waals surface area contributed by atoms with Crippen LogP contribution in [0.1, 0.15) is 53.6 Å². The molecule has 0 bridgehead atoms. The molecule has 0 radical (unpaired) electrons. The first-order valence-electron chi connectivity index (χ1n) is 9.05. The largest absolute Gasteiger partial charge is 0.484 e. The highest BCUT2D eigenvalue weighted by Gasteiger charge is 2.28. The molecule has 144 valence electrons. The summed E-state index contributed by atoms with van der Waals surface area (Å²) in [5.41, 5.74) is 2.79. The van der Waals surface area contributed by atoms with Crippen LogP contribution in [0.5, 0.6) is 5.75 Å². The quantitative estimate of drug-likeness (QED) is 0.775. The van der Waals surface area contributed by atoms with E-state index in [0.29, 0.717) is 16.3 Å². The molecule has 5 nitrogen and oxygen atoms in total. The first-order valence-corrected chi connectivity index (χ1v) is 9.87. The lowest BCUT2D eigenvalue weighted by Crippen LogP contribution is -2.21. The van der Waals surface area contributed by atoms with Crippen LogP contribution in [0.25, 0.3) is 0 Å². The summed E-state index contributed by atoms with van der Waals surface area (Å²) >= 11 is 1.46. The number of aryl methyl sites for hydroxylation is 1. The fourth-order valence-corrected chi connectivity index (χ4v) is 4.47. The second-order valence-electron chi connectivity index (χ2n) is 7.66. The average Bonchev–Trinajstić information content (AvgIpc) is 3.19. The van der Waals surface area contributed by atoms with E-state index in [2.05, 4.69) is 26.1 Å². The lowest BCUT2D eigenvalue weighted by atomic mass is 9.87. The smallest absolute Gasteiger partial charge is 0.341 e. The molecular weight excluding hydrogens is 362 g/mol. The molecule has 3 rings (SSSR count). The zero-order valence-corrected chi connectivity index (χ0v) is 17.0. The van der Waals surface area contributed by atoms with Crippen molar-refractivity contribution in [3.8, 4) is 5.75 Å². The van der Waals surface area contributed by atoms with Gasteiger partial charge in [-0.15, -0.1) is 11.3 Å². The molecule has 1 aromatic heterocycles. The SMILES string of the molecule is COC(=O)c1c(NC(=O)COc2ccc(C(C)(C)C)cc2)sc2c1CCC2. The van der Waals surface area contributed by atoms with Crippen LogP contribution in [0.15, 0.2) is 24.3 Å². The molecule has 0 fully saturated rings. The number of esters is 1. The molecule has 1 heterocycles. The van der Waals surface area contributed by atoms with Crippen LogP contribution in [0.3, 0.4) is 0 Å². The molecule has 0 saturated heterocycles. The van der Waals surface area contributed by atoms with Gasteiger partial charge in [-0.1, -0.05) is 32.9 Å². The summed E-state index contributed by atoms with van der Waals surface area (Å²) in [5.74, 6) is -0.0524. The molecule has 0 unspecified atom stereocenters. The van der Waals surface area contributed by atoms with Crippen molar-refractivity contribution < 1.29 is 19.1 Å². The zero-order chi connectivity index (χ0) is 19.6. The van der Waals surface area contributed by atoms with Crippen molar-refractivity contribution in [3.05, 3.63) is 45.8 Å². The van der Waals surface area contributed by atoms with Gasteiger partial charge in [0.25, 0.3) is 5.91 Å². The van der Waals surface area contributed by atoms with E-state index in [4.69, 9.17) is 9.47 Å². The second kappa shape index (κ2) is 7.72. The Morgan fingerprint density at radius 2 is 1.85 bits per heavy atom. The van der Waals surface area contributed by atoms with Crippen LogP contribution < -0.4 is 10.1 Å². The minimum absolute atomic E-state index is 0.0692. The summed E-state index contributed by atoms with van der Waals surface area (Å²) in [6, 6.07) is 7.75. The van der Waals surface area contributed by atoms with E-state index >= 15 is 0 Å². The van der Waals surface area contributed by atoms with Crippen molar-refractivity contribution in [3.63, 3.8) is 0 Å². The van der Waals surface area contributed by atoms with Gasteiger partial charge in [0.2, 0.25) is 0 Å². The van der Waals surface area contributed by atoms with Crippen LogP contribution >= 0.6 is 11.3 Å². The van der Waals surface area contributed by atoms with Crippen molar-refractivity contribution in [1.29, 1.82) is 0 Å². The third-order valence-electron chi connectivity index (χ3n) is 4.65. The molecule has 1 aliphatic carbocycles. The number of carbonyl (C=O) groups excluding carboxylic acids is 2. The van der Waals surface area contributed by atoms with Crippen LogP contribution in [-0.4, -0.2) is 25.6 Å². The first-order chi connectivity index (χ1) is 12.8. The Morgan fingerprint density at radius 1 is 1.15 bits per heavy atom. The molecule has 0 atom stereocenters. The highest BCUT2D eigenvalue weighted by atomic mass is 32.1. The fraction of sp³-hybridized carbons (Fsp3) is 0.429. The van der Waals surface area contributed by atoms with Gasteiger partial charge >= 0.3 is 5.97 Å². The number of anilines is 1. The number of nitrogens with one attached hydrogen (secondary N) is 1. The van der Waals surface area contributed by atoms with Gasteiger partial charge in [0.05, 0.1) is 12.7 Å². The predicted molar refractivity (Wildman–Crippen MR) is 107 cm³/mol. The molecule has 0 saturated carbocycles. The number of fused-ring (bicyclic) bond motifs is 1. The van der Waals surface area contributed by atoms with Crippen molar-refractivity contribution in [2.75, 3.05) is 19.0 Å². The van der Waals surface area contributed by atoms with Crippen LogP contribution in [0.4, 0.5) is 5.00 Å². The van der Waals surface area contributed by atoms with Gasteiger partial charge in [-0.05, 0) is 47.9 Å². The molecule has 2 aromatic rings. The molecule has 1 amide bonds. The van der Waals surface area contributed by atoms with Crippen LogP contribution in [-0.2, 0) is 27.8 Å². The minimum atomic E-state index is -0.400. The summed E-state index contributed by atoms with van der Waals surface area (Å²) in [6.45, 7) is 6.33. The van der Waals surface area contributed by atoms with Gasteiger partial charge in [0, 0.05) is 4.88 Å². The summed E-state index contributed by atoms with van der Waals surface area (Å²) in [4.78, 5) is 25.6. The van der Waals surface area contributed by atoms with E-state index < -0.39 is 5.97 Å². The number of benzene rings is 1. The number of thiophene rings is 1. The molecule has 0 aliphatic heterocycles. The Labute approximate surface area is 163 Å². The molecule has 1 N–H and O–H groups in total. The van der Waals surface area contributed by atoms with E-state index in [1.54, 1.807) is 0 Å². The van der Waals surface area contributed by atoms with Gasteiger partial charge < -0.3 is 14.8 Å². The van der Waals surface area contributed by atoms with Gasteiger partial charge in [0.1, 0.15) is 10.8 Å². The monoisotopic (exact) mass is 387 g/mol. The Morgan fingerprint density at radius 3 is 2.48 bits per heavy atom. The predicted octanol–water partition coefficient (Wildman–Crippen LogP) is 4.34. The number of methoxy groups -OCH3 is 1. The van der Waals surface area contributed by atoms with Gasteiger partial charge in [-0.2, -0.15) is 0 Å². The average molecular weight is 388 g/mol. The maximum absolute atomic E-state index is 12.3. The Balaban J connectivity index is 1.64. The summed E-state index contributed by atoms with van der Waals surface area (Å²) in [7, 11) is 1.36. The fourth-order valence-electron chi connectivity index (χ4n) is 3.17. The Hall–Kier alpha value is -2.34. The van der Waals surface area contributed by atoms with Gasteiger partial charge in [0.15, 0.2) is 6.61 Å². The summed E-state index contributed by atoms with van der Waals surface area (Å²) < 4.78 is 10.5. The van der Waals surface area contributed by atoms with E-state index in [0.717, 1.165) is 29.7 Å². The van der Waals surface area contributed by atoms with Gasteiger partial charge in [-0.25, -0.2) is 4.79 Å². The minimum Gasteiger partial charge on any atom is -0.484 e. The number of hydrogen-bond donors (Lipinski definition) is 1. The molecule has 1 aromatic carbocycles. The van der Waals surface area contributed by atoms with E-state index in [1.807, 2.05) is 24.3 Å². The number of amides is 1. The first kappa shape index (κ1) is 19.4. The topological polar surface area (TPSA) is 64.6 Å². The normalized spacial score (nSPS) is 13.2. The van der Waals surface area contributed by atoms with Crippen molar-refractivity contribution in [1.82, 2.24) is 0 Å². The zero-order valence-electron chi connectivity index (χ0n) is 16.2. The summed E-state index contributed by atoms with van der Waals surface area (Å²) in [5, 5.41) is 3.37. The third-order valence-corrected chi connectivity index (χ3v) is 5.86. The van der Waals surface area contributed by atoms with Crippen molar-refractivity contribution in [2.45, 2.75) is 45.4 Å². The van der Waals surface area contributed by atoms with Gasteiger partial charge in [-0.3, -0.25) is 4.79 Å². The van der Waals surface area contributed by atoms with E-state index in [-0.39, 0.29) is 17.9 Å². The lowest BCUT2D eigenvalue weighted by Gasteiger charge is -2.19. The molecule has 1 aliphatic rings. The molecule has 27 heavy (non-hydrogen) atoms. The Kier molecular flexibility index (Phi) is 5.56. The van der Waals surface area contributed by atoms with Crippen molar-refractivity contribution in [2.24, 2.45) is 0 Å². The van der Waals surface area contributed by atoms with Crippen LogP contribution in [0.2, 0.25) is 0 Å². The van der Waals surface area contributed by atoms with Crippen molar-refractivity contribution >= 4 is 28.2 Å². The highest BCUT2D eigenvalue weighted by Crippen LogP contribution is 2.39. The number of rotatable bonds is 5.